The molecule has 0 unspecified atom stereocenters. The van der Waals surface area contributed by atoms with Gasteiger partial charge in [0, 0.05) is 5.31 Å². The molecule has 1 aromatic rings. The molecule has 4 heteroatoms. The van der Waals surface area contributed by atoms with Gasteiger partial charge in [-0.15, -0.1) is 0 Å². The number of hydrogen-bond donors (Lipinski definition) is 2. The summed E-state index contributed by atoms with van der Waals surface area (Å²) in [6.07, 6.45) is 1.00. The Morgan fingerprint density at radius 2 is 1.69 bits per heavy atom. The van der Waals surface area contributed by atoms with Crippen LogP contribution in [0, 0.1) is 0 Å². The van der Waals surface area contributed by atoms with Crippen molar-refractivity contribution < 1.29 is 14.4 Å². The van der Waals surface area contributed by atoms with Crippen LogP contribution in [-0.4, -0.2) is 9.79 Å². The fraction of sp³-hybridized carbons (Fsp3) is 0.333. The zero-order valence-corrected chi connectivity index (χ0v) is 10.4. The van der Waals surface area contributed by atoms with Crippen molar-refractivity contribution in [2.75, 3.05) is 0 Å². The summed E-state index contributed by atoms with van der Waals surface area (Å²) in [5.74, 6) is 0. The van der Waals surface area contributed by atoms with Gasteiger partial charge in [-0.1, -0.05) is 44.2 Å². The molecule has 0 bridgehead atoms. The summed E-state index contributed by atoms with van der Waals surface area (Å²) in [6, 6.07) is 9.39. The lowest BCUT2D eigenvalue weighted by molar-refractivity contribution is 0.381. The second kappa shape index (κ2) is 5.44. The average Bonchev–Trinajstić information content (AvgIpc) is 2.25. The number of rotatable bonds is 4. The van der Waals surface area contributed by atoms with Gasteiger partial charge in [0.2, 0.25) is 0 Å². The van der Waals surface area contributed by atoms with E-state index in [0.29, 0.717) is 12.8 Å². The molecule has 0 amide bonds. The third kappa shape index (κ3) is 3.05. The molecular weight excluding hydrogens is 223 g/mol. The maximum absolute atomic E-state index is 11.4. The van der Waals surface area contributed by atoms with Gasteiger partial charge in [-0.05, 0) is 24.0 Å². The monoisotopic (exact) mass is 240 g/mol. The molecule has 0 aliphatic rings. The summed E-state index contributed by atoms with van der Waals surface area (Å²) in [4.78, 5) is 18.6. The van der Waals surface area contributed by atoms with E-state index in [1.54, 1.807) is 6.92 Å². The zero-order chi connectivity index (χ0) is 12.2. The largest absolute Gasteiger partial charge is 0.352 e. The van der Waals surface area contributed by atoms with Gasteiger partial charge < -0.3 is 9.79 Å². The van der Waals surface area contributed by atoms with Gasteiger partial charge in [-0.3, -0.25) is 4.57 Å². The Labute approximate surface area is 96.0 Å². The van der Waals surface area contributed by atoms with Crippen molar-refractivity contribution in [2.45, 2.75) is 26.7 Å². The molecule has 0 aliphatic heterocycles. The first-order valence-corrected chi connectivity index (χ1v) is 6.95. The van der Waals surface area contributed by atoms with E-state index in [9.17, 15) is 14.4 Å². The van der Waals surface area contributed by atoms with Crippen LogP contribution in [0.15, 0.2) is 35.6 Å². The van der Waals surface area contributed by atoms with E-state index in [1.165, 1.54) is 0 Å². The van der Waals surface area contributed by atoms with Gasteiger partial charge in [0.15, 0.2) is 0 Å². The summed E-state index contributed by atoms with van der Waals surface area (Å²) in [5, 5.41) is 0.251. The standard InChI is InChI=1S/C12H17O3P/c1-3-11(10-8-6-5-7-9-10)12(4-2)16(13,14)15/h5-9H,3-4H2,1-2H3,(H2,13,14,15). The molecule has 0 fully saturated rings. The lowest BCUT2D eigenvalue weighted by Gasteiger charge is -2.14. The second-order valence-corrected chi connectivity index (χ2v) is 5.17. The second-order valence-electron chi connectivity index (χ2n) is 3.54. The molecule has 0 heterocycles. The van der Waals surface area contributed by atoms with Crippen molar-refractivity contribution in [3.63, 3.8) is 0 Å². The number of allylic oxidation sites excluding steroid dienone is 2. The van der Waals surface area contributed by atoms with E-state index >= 15 is 0 Å². The Bertz CT molecular complexity index is 417. The fourth-order valence-electron chi connectivity index (χ4n) is 1.81. The maximum atomic E-state index is 11.4. The van der Waals surface area contributed by atoms with Crippen LogP contribution < -0.4 is 0 Å². The number of benzene rings is 1. The minimum atomic E-state index is -4.13. The van der Waals surface area contributed by atoms with Crippen molar-refractivity contribution in [3.8, 4) is 0 Å². The molecule has 0 radical (unpaired) electrons. The molecule has 0 saturated carbocycles. The molecule has 0 spiro atoms. The maximum Gasteiger partial charge on any atom is 0.352 e. The highest BCUT2D eigenvalue weighted by molar-refractivity contribution is 7.56. The van der Waals surface area contributed by atoms with Crippen LogP contribution in [0.3, 0.4) is 0 Å². The number of hydrogen-bond acceptors (Lipinski definition) is 1. The Balaban J connectivity index is 3.34. The van der Waals surface area contributed by atoms with Crippen LogP contribution in [0.2, 0.25) is 0 Å². The third-order valence-electron chi connectivity index (χ3n) is 2.51. The van der Waals surface area contributed by atoms with Crippen molar-refractivity contribution in [1.29, 1.82) is 0 Å². The highest BCUT2D eigenvalue weighted by atomic mass is 31.2. The Kier molecular flexibility index (Phi) is 4.48. The predicted octanol–water partition coefficient (Wildman–Crippen LogP) is 3.40. The first kappa shape index (κ1) is 13.2. The van der Waals surface area contributed by atoms with Gasteiger partial charge in [0.05, 0.1) is 0 Å². The molecule has 0 aliphatic carbocycles. The van der Waals surface area contributed by atoms with Crippen molar-refractivity contribution in [1.82, 2.24) is 0 Å². The first-order chi connectivity index (χ1) is 7.50. The third-order valence-corrected chi connectivity index (χ3v) is 3.80. The molecule has 3 nitrogen and oxygen atoms in total. The van der Waals surface area contributed by atoms with Crippen molar-refractivity contribution >= 4 is 13.2 Å². The molecule has 1 aromatic carbocycles. The Hall–Kier alpha value is -0.890. The van der Waals surface area contributed by atoms with Crippen LogP contribution in [0.5, 0.6) is 0 Å². The quantitative estimate of drug-likeness (QED) is 0.793. The topological polar surface area (TPSA) is 57.5 Å². The van der Waals surface area contributed by atoms with E-state index in [4.69, 9.17) is 0 Å². The van der Waals surface area contributed by atoms with E-state index in [0.717, 1.165) is 11.1 Å². The summed E-state index contributed by atoms with van der Waals surface area (Å²) in [6.45, 7) is 3.68. The van der Waals surface area contributed by atoms with Gasteiger partial charge in [0.1, 0.15) is 0 Å². The fourth-order valence-corrected chi connectivity index (χ4v) is 2.86. The van der Waals surface area contributed by atoms with Crippen molar-refractivity contribution in [3.05, 3.63) is 41.2 Å². The Morgan fingerprint density at radius 1 is 1.12 bits per heavy atom. The minimum Gasteiger partial charge on any atom is -0.321 e. The molecule has 0 saturated heterocycles. The molecule has 2 N–H and O–H groups in total. The molecule has 1 rings (SSSR count). The molecule has 16 heavy (non-hydrogen) atoms. The van der Waals surface area contributed by atoms with E-state index in [-0.39, 0.29) is 5.31 Å². The first-order valence-electron chi connectivity index (χ1n) is 5.34. The van der Waals surface area contributed by atoms with Gasteiger partial charge >= 0.3 is 7.60 Å². The molecule has 0 aromatic heterocycles. The summed E-state index contributed by atoms with van der Waals surface area (Å²) in [5.41, 5.74) is 1.65. The smallest absolute Gasteiger partial charge is 0.321 e. The van der Waals surface area contributed by atoms with Crippen LogP contribution in [0.25, 0.3) is 5.57 Å². The SMILES string of the molecule is CCC(=C(CC)P(=O)(O)O)c1ccccc1. The van der Waals surface area contributed by atoms with E-state index in [1.807, 2.05) is 37.3 Å². The van der Waals surface area contributed by atoms with E-state index < -0.39 is 7.60 Å². The van der Waals surface area contributed by atoms with Crippen molar-refractivity contribution in [2.24, 2.45) is 0 Å². The minimum absolute atomic E-state index is 0.251. The zero-order valence-electron chi connectivity index (χ0n) is 9.55. The molecule has 88 valence electrons. The average molecular weight is 240 g/mol. The van der Waals surface area contributed by atoms with Gasteiger partial charge in [-0.25, -0.2) is 0 Å². The molecule has 0 atom stereocenters. The predicted molar refractivity (Wildman–Crippen MR) is 66.0 cm³/mol. The highest BCUT2D eigenvalue weighted by Gasteiger charge is 2.23. The Morgan fingerprint density at radius 3 is 2.06 bits per heavy atom. The summed E-state index contributed by atoms with van der Waals surface area (Å²) >= 11 is 0. The van der Waals surface area contributed by atoms with Crippen LogP contribution in [-0.2, 0) is 4.57 Å². The van der Waals surface area contributed by atoms with Crippen LogP contribution in [0.4, 0.5) is 0 Å². The van der Waals surface area contributed by atoms with Crippen LogP contribution in [0.1, 0.15) is 32.3 Å². The van der Waals surface area contributed by atoms with Gasteiger partial charge in [0.25, 0.3) is 0 Å². The summed E-state index contributed by atoms with van der Waals surface area (Å²) < 4.78 is 11.4. The normalized spacial score (nSPS) is 13.5. The van der Waals surface area contributed by atoms with E-state index in [2.05, 4.69) is 0 Å². The van der Waals surface area contributed by atoms with Crippen LogP contribution >= 0.6 is 7.60 Å². The lowest BCUT2D eigenvalue weighted by atomic mass is 10.0. The summed E-state index contributed by atoms with van der Waals surface area (Å²) in [7, 11) is -4.13. The highest BCUT2D eigenvalue weighted by Crippen LogP contribution is 2.50. The lowest BCUT2D eigenvalue weighted by Crippen LogP contribution is -1.92. The molecular formula is C12H17O3P. The van der Waals surface area contributed by atoms with Gasteiger partial charge in [-0.2, -0.15) is 0 Å².